The van der Waals surface area contributed by atoms with Gasteiger partial charge in [-0.05, 0) is 50.6 Å². The number of nitrogens with zero attached hydrogens (tertiary/aromatic N) is 4. The van der Waals surface area contributed by atoms with Gasteiger partial charge in [0.25, 0.3) is 0 Å². The minimum Gasteiger partial charge on any atom is -0.497 e. The first-order valence-corrected chi connectivity index (χ1v) is 9.55. The molecule has 6 heteroatoms. The van der Waals surface area contributed by atoms with Gasteiger partial charge in [0.2, 0.25) is 0 Å². The molecule has 0 aliphatic carbocycles. The van der Waals surface area contributed by atoms with Crippen molar-refractivity contribution in [3.63, 3.8) is 0 Å². The second-order valence-electron chi connectivity index (χ2n) is 6.49. The van der Waals surface area contributed by atoms with Crippen LogP contribution in [-0.4, -0.2) is 27.1 Å². The fraction of sp³-hybridized carbons (Fsp3) is 0.190. The summed E-state index contributed by atoms with van der Waals surface area (Å²) in [4.78, 5) is 4.82. The normalized spacial score (nSPS) is 11.0. The number of methoxy groups -OCH3 is 1. The van der Waals surface area contributed by atoms with Crippen LogP contribution >= 0.6 is 11.3 Å². The Hall–Kier alpha value is -2.99. The van der Waals surface area contributed by atoms with Gasteiger partial charge in [0.15, 0.2) is 0 Å². The zero-order valence-corrected chi connectivity index (χ0v) is 16.5. The van der Waals surface area contributed by atoms with Crippen molar-refractivity contribution in [2.24, 2.45) is 0 Å². The second kappa shape index (κ2) is 6.96. The summed E-state index contributed by atoms with van der Waals surface area (Å²) < 4.78 is 7.04. The summed E-state index contributed by atoms with van der Waals surface area (Å²) in [6, 6.07) is 14.2. The molecule has 0 amide bonds. The Balaban J connectivity index is 1.69. The number of aryl methyl sites for hydroxylation is 2. The molecule has 2 aromatic heterocycles. The van der Waals surface area contributed by atoms with Gasteiger partial charge in [0, 0.05) is 10.9 Å². The maximum atomic E-state index is 5.22. The van der Waals surface area contributed by atoms with Gasteiger partial charge < -0.3 is 4.74 Å². The maximum absolute atomic E-state index is 5.22. The summed E-state index contributed by atoms with van der Waals surface area (Å²) in [5, 5.41) is 11.7. The fourth-order valence-electron chi connectivity index (χ4n) is 3.10. The molecular formula is C21H20N4OS. The SMILES string of the molecule is COc1ccc(-n2nnc(-c3nc(-c4ccc(C)cc4C)cs3)c2C)cc1. The van der Waals surface area contributed by atoms with Crippen molar-refractivity contribution in [2.75, 3.05) is 7.11 Å². The van der Waals surface area contributed by atoms with Gasteiger partial charge in [0.1, 0.15) is 16.5 Å². The Morgan fingerprint density at radius 3 is 2.48 bits per heavy atom. The van der Waals surface area contributed by atoms with Gasteiger partial charge in [-0.15, -0.1) is 16.4 Å². The summed E-state index contributed by atoms with van der Waals surface area (Å²) in [5.74, 6) is 0.815. The van der Waals surface area contributed by atoms with E-state index in [1.165, 1.54) is 11.1 Å². The Morgan fingerprint density at radius 1 is 1.00 bits per heavy atom. The van der Waals surface area contributed by atoms with Gasteiger partial charge in [0.05, 0.1) is 24.2 Å². The van der Waals surface area contributed by atoms with Gasteiger partial charge in [-0.2, -0.15) is 0 Å². The zero-order valence-electron chi connectivity index (χ0n) is 15.7. The molecule has 0 atom stereocenters. The van der Waals surface area contributed by atoms with E-state index in [2.05, 4.69) is 47.7 Å². The second-order valence-corrected chi connectivity index (χ2v) is 7.35. The van der Waals surface area contributed by atoms with Crippen LogP contribution in [0.25, 0.3) is 27.6 Å². The maximum Gasteiger partial charge on any atom is 0.146 e. The first kappa shape index (κ1) is 17.4. The molecule has 27 heavy (non-hydrogen) atoms. The van der Waals surface area contributed by atoms with Crippen LogP contribution in [0.15, 0.2) is 47.8 Å². The van der Waals surface area contributed by atoms with Gasteiger partial charge in [-0.1, -0.05) is 29.0 Å². The van der Waals surface area contributed by atoms with E-state index >= 15 is 0 Å². The van der Waals surface area contributed by atoms with E-state index in [-0.39, 0.29) is 0 Å². The molecule has 136 valence electrons. The van der Waals surface area contributed by atoms with E-state index < -0.39 is 0 Å². The third kappa shape index (κ3) is 3.24. The zero-order chi connectivity index (χ0) is 19.0. The van der Waals surface area contributed by atoms with Crippen LogP contribution in [0.3, 0.4) is 0 Å². The van der Waals surface area contributed by atoms with Crippen molar-refractivity contribution in [2.45, 2.75) is 20.8 Å². The molecule has 2 aromatic carbocycles. The van der Waals surface area contributed by atoms with Gasteiger partial charge >= 0.3 is 0 Å². The third-order valence-corrected chi connectivity index (χ3v) is 5.43. The summed E-state index contributed by atoms with van der Waals surface area (Å²) >= 11 is 1.59. The molecule has 0 fully saturated rings. The van der Waals surface area contributed by atoms with E-state index in [9.17, 15) is 0 Å². The lowest BCUT2D eigenvalue weighted by Gasteiger charge is -2.05. The number of aromatic nitrogens is 4. The van der Waals surface area contributed by atoms with Crippen molar-refractivity contribution in [1.29, 1.82) is 0 Å². The highest BCUT2D eigenvalue weighted by Crippen LogP contribution is 2.31. The van der Waals surface area contributed by atoms with Crippen LogP contribution in [0.1, 0.15) is 16.8 Å². The molecule has 0 unspecified atom stereocenters. The number of thiazole rings is 1. The lowest BCUT2D eigenvalue weighted by Crippen LogP contribution is -1.99. The number of hydrogen-bond donors (Lipinski definition) is 0. The number of rotatable bonds is 4. The first-order chi connectivity index (χ1) is 13.1. The average Bonchev–Trinajstić information content (AvgIpc) is 3.28. The van der Waals surface area contributed by atoms with E-state index in [1.807, 2.05) is 35.9 Å². The molecule has 0 N–H and O–H groups in total. The Kier molecular flexibility index (Phi) is 4.49. The van der Waals surface area contributed by atoms with Crippen LogP contribution in [0.2, 0.25) is 0 Å². The van der Waals surface area contributed by atoms with Crippen LogP contribution in [0.4, 0.5) is 0 Å². The summed E-state index contributed by atoms with van der Waals surface area (Å²) in [7, 11) is 1.66. The Morgan fingerprint density at radius 2 is 1.78 bits per heavy atom. The Bertz CT molecular complexity index is 1100. The average molecular weight is 376 g/mol. The molecule has 2 heterocycles. The quantitative estimate of drug-likeness (QED) is 0.503. The highest BCUT2D eigenvalue weighted by atomic mass is 32.1. The van der Waals surface area contributed by atoms with Crippen molar-refractivity contribution in [3.8, 4) is 33.4 Å². The van der Waals surface area contributed by atoms with Gasteiger partial charge in [-0.25, -0.2) is 9.67 Å². The van der Waals surface area contributed by atoms with Crippen molar-refractivity contribution >= 4 is 11.3 Å². The standard InChI is InChI=1S/C21H20N4OS/c1-13-5-10-18(14(2)11-13)19-12-27-21(22-19)20-15(3)25(24-23-20)16-6-8-17(26-4)9-7-16/h5-12H,1-4H3. The number of hydrogen-bond acceptors (Lipinski definition) is 5. The smallest absolute Gasteiger partial charge is 0.146 e. The van der Waals surface area contributed by atoms with Crippen molar-refractivity contribution in [3.05, 3.63) is 64.7 Å². The monoisotopic (exact) mass is 376 g/mol. The Labute approximate surface area is 162 Å². The van der Waals surface area contributed by atoms with Crippen molar-refractivity contribution in [1.82, 2.24) is 20.0 Å². The molecule has 0 saturated heterocycles. The van der Waals surface area contributed by atoms with E-state index in [0.717, 1.165) is 39.1 Å². The molecule has 0 bridgehead atoms. The molecule has 0 radical (unpaired) electrons. The van der Waals surface area contributed by atoms with Crippen LogP contribution < -0.4 is 4.74 Å². The molecular weight excluding hydrogens is 356 g/mol. The number of benzene rings is 2. The predicted molar refractivity (Wildman–Crippen MR) is 109 cm³/mol. The molecule has 0 aliphatic rings. The van der Waals surface area contributed by atoms with E-state index in [0.29, 0.717) is 0 Å². The third-order valence-electron chi connectivity index (χ3n) is 4.58. The van der Waals surface area contributed by atoms with Gasteiger partial charge in [-0.3, -0.25) is 0 Å². The molecule has 0 aliphatic heterocycles. The summed E-state index contributed by atoms with van der Waals surface area (Å²) in [5.41, 5.74) is 7.33. The predicted octanol–water partition coefficient (Wildman–Crippen LogP) is 4.99. The topological polar surface area (TPSA) is 52.8 Å². The minimum absolute atomic E-state index is 0.812. The van der Waals surface area contributed by atoms with E-state index in [4.69, 9.17) is 9.72 Å². The highest BCUT2D eigenvalue weighted by Gasteiger charge is 2.16. The lowest BCUT2D eigenvalue weighted by molar-refractivity contribution is 0.414. The lowest BCUT2D eigenvalue weighted by atomic mass is 10.0. The van der Waals surface area contributed by atoms with E-state index in [1.54, 1.807) is 18.4 Å². The summed E-state index contributed by atoms with van der Waals surface area (Å²) in [6.45, 7) is 6.23. The van der Waals surface area contributed by atoms with Crippen LogP contribution in [-0.2, 0) is 0 Å². The number of ether oxygens (including phenoxy) is 1. The highest BCUT2D eigenvalue weighted by molar-refractivity contribution is 7.13. The fourth-order valence-corrected chi connectivity index (χ4v) is 3.96. The van der Waals surface area contributed by atoms with Crippen molar-refractivity contribution < 1.29 is 4.74 Å². The molecule has 5 nitrogen and oxygen atoms in total. The molecule has 0 spiro atoms. The van der Waals surface area contributed by atoms with Crippen LogP contribution in [0.5, 0.6) is 5.75 Å². The molecule has 4 rings (SSSR count). The molecule has 4 aromatic rings. The summed E-state index contributed by atoms with van der Waals surface area (Å²) in [6.07, 6.45) is 0. The van der Waals surface area contributed by atoms with Crippen LogP contribution in [0, 0.1) is 20.8 Å². The minimum atomic E-state index is 0.812. The largest absolute Gasteiger partial charge is 0.497 e. The molecule has 0 saturated carbocycles. The first-order valence-electron chi connectivity index (χ1n) is 8.67.